The number of nitrogens with two attached hydrogens (primary N) is 1. The van der Waals surface area contributed by atoms with Gasteiger partial charge in [0.2, 0.25) is 10.0 Å². The maximum absolute atomic E-state index is 12.9. The average Bonchev–Trinajstić information content (AvgIpc) is 2.82. The van der Waals surface area contributed by atoms with Crippen LogP contribution in [0.1, 0.15) is 65.9 Å². The molecule has 0 saturated heterocycles. The summed E-state index contributed by atoms with van der Waals surface area (Å²) >= 11 is 0. The number of nitriles is 1. The summed E-state index contributed by atoms with van der Waals surface area (Å²) in [5, 5.41) is 13.0. The summed E-state index contributed by atoms with van der Waals surface area (Å²) in [7, 11) is -2.14. The molecule has 0 bridgehead atoms. The average molecular weight is 515 g/mol. The highest BCUT2D eigenvalue weighted by Crippen LogP contribution is 2.25. The van der Waals surface area contributed by atoms with Gasteiger partial charge in [-0.2, -0.15) is 9.57 Å². The summed E-state index contributed by atoms with van der Waals surface area (Å²) < 4.78 is 27.1. The van der Waals surface area contributed by atoms with Gasteiger partial charge < -0.3 is 16.0 Å². The molecule has 2 atom stereocenters. The highest BCUT2D eigenvalue weighted by atomic mass is 32.2. The van der Waals surface area contributed by atoms with Crippen molar-refractivity contribution < 1.29 is 8.42 Å². The molecule has 0 spiro atoms. The number of amidine groups is 1. The first-order chi connectivity index (χ1) is 16.9. The molecule has 1 unspecified atom stereocenters. The Hall–Kier alpha value is -3.16. The van der Waals surface area contributed by atoms with Gasteiger partial charge >= 0.3 is 0 Å². The third-order valence-electron chi connectivity index (χ3n) is 6.21. The van der Waals surface area contributed by atoms with Gasteiger partial charge in [0.05, 0.1) is 28.3 Å². The first kappa shape index (κ1) is 29.1. The number of nitrogens with one attached hydrogen (secondary N) is 2. The van der Waals surface area contributed by atoms with Crippen LogP contribution in [0.25, 0.3) is 0 Å². The van der Waals surface area contributed by atoms with E-state index in [-0.39, 0.29) is 28.3 Å². The van der Waals surface area contributed by atoms with Crippen molar-refractivity contribution >= 4 is 27.2 Å². The maximum Gasteiger partial charge on any atom is 0.261 e. The Labute approximate surface area is 214 Å². The number of H-pyrrole nitrogens is 1. The molecule has 196 valence electrons. The zero-order valence-electron chi connectivity index (χ0n) is 22.0. The summed E-state index contributed by atoms with van der Waals surface area (Å²) in [6.07, 6.45) is 4.92. The van der Waals surface area contributed by atoms with E-state index in [1.165, 1.54) is 22.6 Å². The van der Waals surface area contributed by atoms with Crippen molar-refractivity contribution in [2.45, 2.75) is 76.8 Å². The van der Waals surface area contributed by atoms with Crippen LogP contribution in [0.5, 0.6) is 0 Å². The molecule has 1 aromatic carbocycles. The molecule has 2 aromatic rings. The van der Waals surface area contributed by atoms with E-state index < -0.39 is 21.1 Å². The van der Waals surface area contributed by atoms with Gasteiger partial charge in [0.1, 0.15) is 11.4 Å². The highest BCUT2D eigenvalue weighted by Gasteiger charge is 2.30. The summed E-state index contributed by atoms with van der Waals surface area (Å²) in [5.41, 5.74) is 6.37. The molecule has 36 heavy (non-hydrogen) atoms. The molecule has 0 aliphatic heterocycles. The Balaban J connectivity index is 2.41. The monoisotopic (exact) mass is 514 g/mol. The molecule has 0 saturated carbocycles. The largest absolute Gasteiger partial charge is 0.383 e. The van der Waals surface area contributed by atoms with Gasteiger partial charge in [0, 0.05) is 24.8 Å². The Morgan fingerprint density at radius 2 is 1.86 bits per heavy atom. The number of aliphatic imine (C=N–C) groups is 1. The van der Waals surface area contributed by atoms with Crippen LogP contribution in [-0.2, 0) is 10.0 Å². The third kappa shape index (κ3) is 6.95. The van der Waals surface area contributed by atoms with Crippen molar-refractivity contribution in [2.75, 3.05) is 12.4 Å². The van der Waals surface area contributed by atoms with E-state index in [4.69, 9.17) is 5.73 Å². The maximum atomic E-state index is 12.9. The van der Waals surface area contributed by atoms with E-state index in [0.717, 1.165) is 19.3 Å². The summed E-state index contributed by atoms with van der Waals surface area (Å²) in [5.74, 6) is -0.233. The second kappa shape index (κ2) is 12.2. The number of nitrogens with zero attached hydrogens (tertiary/aromatic N) is 3. The van der Waals surface area contributed by atoms with Crippen molar-refractivity contribution in [1.82, 2.24) is 9.29 Å². The number of hydrogen-bond acceptors (Lipinski definition) is 6. The molecule has 0 fully saturated rings. The van der Waals surface area contributed by atoms with Crippen LogP contribution in [0, 0.1) is 17.2 Å². The molecule has 4 N–H and O–H groups in total. The van der Waals surface area contributed by atoms with Crippen LogP contribution >= 0.6 is 0 Å². The fourth-order valence-corrected chi connectivity index (χ4v) is 5.24. The van der Waals surface area contributed by atoms with Crippen molar-refractivity contribution in [1.29, 1.82) is 5.26 Å². The van der Waals surface area contributed by atoms with Gasteiger partial charge in [-0.3, -0.25) is 4.79 Å². The number of sulfonamides is 1. The van der Waals surface area contributed by atoms with Gasteiger partial charge in [0.25, 0.3) is 5.56 Å². The van der Waals surface area contributed by atoms with Crippen molar-refractivity contribution in [3.05, 3.63) is 52.4 Å². The van der Waals surface area contributed by atoms with Crippen LogP contribution in [0.2, 0.25) is 0 Å². The fourth-order valence-electron chi connectivity index (χ4n) is 3.72. The minimum absolute atomic E-state index is 0.0129. The lowest BCUT2D eigenvalue weighted by Crippen LogP contribution is -2.42. The molecule has 2 rings (SSSR count). The lowest BCUT2D eigenvalue weighted by Gasteiger charge is -2.30. The number of aromatic nitrogens is 1. The number of rotatable bonds is 11. The third-order valence-corrected chi connectivity index (χ3v) is 8.34. The molecule has 10 heteroatoms. The number of aromatic amines is 1. The van der Waals surface area contributed by atoms with Crippen molar-refractivity contribution in [2.24, 2.45) is 16.6 Å². The minimum Gasteiger partial charge on any atom is -0.383 e. The molecular weight excluding hydrogens is 476 g/mol. The standard InChI is InChI=1S/C26H38N6O3S/c1-7-9-10-21(18(8-2)17-27)31-22-15-16-29-25(33)23(22)24(28)30-19-11-13-20(14-12-19)36(34,35)32(6)26(3,4)5/h11-16,18,21H,7-10H2,1-6H3,(H2,28,30)(H2,29,31,33)/t18?,21-/m0/s1. The molecule has 0 aliphatic carbocycles. The first-order valence-corrected chi connectivity index (χ1v) is 13.6. The number of hydrogen-bond donors (Lipinski definition) is 3. The highest BCUT2D eigenvalue weighted by molar-refractivity contribution is 7.89. The van der Waals surface area contributed by atoms with Crippen LogP contribution in [-0.4, -0.2) is 42.2 Å². The topological polar surface area (TPSA) is 144 Å². The van der Waals surface area contributed by atoms with Crippen LogP contribution in [0.3, 0.4) is 0 Å². The Morgan fingerprint density at radius 3 is 2.39 bits per heavy atom. The molecule has 0 radical (unpaired) electrons. The predicted octanol–water partition coefficient (Wildman–Crippen LogP) is 4.35. The summed E-state index contributed by atoms with van der Waals surface area (Å²) in [6, 6.07) is 9.96. The Morgan fingerprint density at radius 1 is 1.22 bits per heavy atom. The molecule has 0 amide bonds. The van der Waals surface area contributed by atoms with Crippen molar-refractivity contribution in [3.63, 3.8) is 0 Å². The van der Waals surface area contributed by atoms with Gasteiger partial charge in [-0.05, 0) is 63.9 Å². The first-order valence-electron chi connectivity index (χ1n) is 12.2. The minimum atomic E-state index is -3.68. The van der Waals surface area contributed by atoms with Crippen LogP contribution < -0.4 is 16.6 Å². The second-order valence-corrected chi connectivity index (χ2v) is 11.7. The number of anilines is 1. The van der Waals surface area contributed by atoms with Gasteiger partial charge in [-0.25, -0.2) is 13.4 Å². The molecule has 1 aromatic heterocycles. The van der Waals surface area contributed by atoms with E-state index in [2.05, 4.69) is 28.3 Å². The molecule has 1 heterocycles. The van der Waals surface area contributed by atoms with Crippen molar-refractivity contribution in [3.8, 4) is 6.07 Å². The van der Waals surface area contributed by atoms with Gasteiger partial charge in [0.15, 0.2) is 0 Å². The SMILES string of the molecule is CCCC[C@H](Nc1cc[nH]c(=O)c1C(N)=Nc1ccc(S(=O)(=O)N(C)C(C)(C)C)cc1)C(C#N)CC. The normalized spacial score (nSPS) is 14.3. The zero-order chi connectivity index (χ0) is 27.1. The molecule has 0 aliphatic rings. The van der Waals surface area contributed by atoms with E-state index >= 15 is 0 Å². The van der Waals surface area contributed by atoms with E-state index in [1.807, 2.05) is 27.7 Å². The summed E-state index contributed by atoms with van der Waals surface area (Å²) in [6.45, 7) is 9.51. The molecule has 9 nitrogen and oxygen atoms in total. The fraction of sp³-hybridized carbons (Fsp3) is 0.500. The number of benzene rings is 1. The van der Waals surface area contributed by atoms with Gasteiger partial charge in [-0.1, -0.05) is 26.7 Å². The smallest absolute Gasteiger partial charge is 0.261 e. The predicted molar refractivity (Wildman–Crippen MR) is 145 cm³/mol. The van der Waals surface area contributed by atoms with E-state index in [9.17, 15) is 18.5 Å². The number of unbranched alkanes of at least 4 members (excludes halogenated alkanes) is 1. The zero-order valence-corrected chi connectivity index (χ0v) is 22.8. The lowest BCUT2D eigenvalue weighted by molar-refractivity contribution is 0.292. The Kier molecular flexibility index (Phi) is 9.85. The Bertz CT molecular complexity index is 1250. The quantitative estimate of drug-likeness (QED) is 0.300. The van der Waals surface area contributed by atoms with E-state index in [1.54, 1.807) is 25.2 Å². The van der Waals surface area contributed by atoms with Crippen LogP contribution in [0.4, 0.5) is 11.4 Å². The molecular formula is C26H38N6O3S. The van der Waals surface area contributed by atoms with Crippen LogP contribution in [0.15, 0.2) is 51.2 Å². The number of pyridine rings is 1. The second-order valence-electron chi connectivity index (χ2n) is 9.77. The lowest BCUT2D eigenvalue weighted by atomic mass is 9.93. The van der Waals surface area contributed by atoms with Gasteiger partial charge in [-0.15, -0.1) is 0 Å². The van der Waals surface area contributed by atoms with E-state index in [0.29, 0.717) is 17.8 Å². The summed E-state index contributed by atoms with van der Waals surface area (Å²) in [4.78, 5) is 19.9.